The normalized spacial score (nSPS) is 10.2. The molecule has 0 aliphatic carbocycles. The van der Waals surface area contributed by atoms with Gasteiger partial charge in [-0.15, -0.1) is 0 Å². The van der Waals surface area contributed by atoms with E-state index in [1.54, 1.807) is 0 Å². The van der Waals surface area contributed by atoms with E-state index in [1.807, 2.05) is 31.2 Å². The highest BCUT2D eigenvalue weighted by molar-refractivity contribution is 5.85. The third-order valence-corrected chi connectivity index (χ3v) is 2.59. The van der Waals surface area contributed by atoms with E-state index in [0.717, 1.165) is 5.75 Å². The summed E-state index contributed by atoms with van der Waals surface area (Å²) < 4.78 is 5.56. The number of hydrogen-bond donors (Lipinski definition) is 1. The predicted molar refractivity (Wildman–Crippen MR) is 69.4 cm³/mol. The fraction of sp³-hybridized carbons (Fsp3) is 0.214. The van der Waals surface area contributed by atoms with Crippen LogP contribution in [0.1, 0.15) is 21.7 Å². The van der Waals surface area contributed by atoms with Crippen molar-refractivity contribution in [2.45, 2.75) is 13.3 Å². The minimum Gasteiger partial charge on any atom is -0.493 e. The van der Waals surface area contributed by atoms with E-state index < -0.39 is 5.97 Å². The standard InChI is InChI=1S/C14H14N2O3/c1-10-2-4-12(5-3-10)19-7-6-11-8-13(14(17)18)16-9-15-11/h2-5,8-9H,6-7H2,1H3,(H,17,18). The molecule has 0 unspecified atom stereocenters. The van der Waals surface area contributed by atoms with Gasteiger partial charge in [-0.3, -0.25) is 0 Å². The van der Waals surface area contributed by atoms with E-state index in [9.17, 15) is 4.79 Å². The number of aromatic nitrogens is 2. The predicted octanol–water partition coefficient (Wildman–Crippen LogP) is 2.10. The van der Waals surface area contributed by atoms with Crippen molar-refractivity contribution in [3.05, 3.63) is 53.6 Å². The van der Waals surface area contributed by atoms with Crippen LogP contribution in [0.15, 0.2) is 36.7 Å². The number of hydrogen-bond acceptors (Lipinski definition) is 4. The highest BCUT2D eigenvalue weighted by Gasteiger charge is 2.06. The molecule has 1 heterocycles. The number of ether oxygens (including phenoxy) is 1. The molecule has 0 radical (unpaired) electrons. The van der Waals surface area contributed by atoms with Crippen molar-refractivity contribution >= 4 is 5.97 Å². The van der Waals surface area contributed by atoms with Crippen LogP contribution in [-0.2, 0) is 6.42 Å². The second-order valence-corrected chi connectivity index (χ2v) is 4.11. The average Bonchev–Trinajstić information content (AvgIpc) is 2.41. The van der Waals surface area contributed by atoms with Crippen molar-refractivity contribution in [1.82, 2.24) is 9.97 Å². The smallest absolute Gasteiger partial charge is 0.354 e. The molecule has 1 N–H and O–H groups in total. The molecule has 2 rings (SSSR count). The van der Waals surface area contributed by atoms with Gasteiger partial charge in [-0.25, -0.2) is 14.8 Å². The molecule has 0 aliphatic rings. The number of nitrogens with zero attached hydrogens (tertiary/aromatic N) is 2. The van der Waals surface area contributed by atoms with Gasteiger partial charge in [0.1, 0.15) is 12.1 Å². The first-order chi connectivity index (χ1) is 9.15. The Kier molecular flexibility index (Phi) is 4.07. The number of carbonyl (C=O) groups is 1. The van der Waals surface area contributed by atoms with E-state index in [1.165, 1.54) is 18.0 Å². The van der Waals surface area contributed by atoms with E-state index in [-0.39, 0.29) is 5.69 Å². The molecule has 0 spiro atoms. The first-order valence-electron chi connectivity index (χ1n) is 5.89. The minimum absolute atomic E-state index is 0.000311. The van der Waals surface area contributed by atoms with Crippen LogP contribution >= 0.6 is 0 Å². The van der Waals surface area contributed by atoms with Crippen molar-refractivity contribution in [3.63, 3.8) is 0 Å². The summed E-state index contributed by atoms with van der Waals surface area (Å²) in [7, 11) is 0. The SMILES string of the molecule is Cc1ccc(OCCc2cc(C(=O)O)ncn2)cc1. The largest absolute Gasteiger partial charge is 0.493 e. The molecule has 0 aliphatic heterocycles. The topological polar surface area (TPSA) is 72.3 Å². The maximum atomic E-state index is 10.8. The van der Waals surface area contributed by atoms with Crippen LogP contribution in [0.25, 0.3) is 0 Å². The van der Waals surface area contributed by atoms with Crippen LogP contribution in [0, 0.1) is 6.92 Å². The Morgan fingerprint density at radius 3 is 2.68 bits per heavy atom. The summed E-state index contributed by atoms with van der Waals surface area (Å²) in [4.78, 5) is 18.4. The van der Waals surface area contributed by atoms with Gasteiger partial charge in [0.05, 0.1) is 6.61 Å². The number of carboxylic acids is 1. The lowest BCUT2D eigenvalue weighted by atomic mass is 10.2. The molecule has 0 fully saturated rings. The lowest BCUT2D eigenvalue weighted by Gasteiger charge is -2.06. The Bertz CT molecular complexity index is 567. The first-order valence-corrected chi connectivity index (χ1v) is 5.89. The van der Waals surface area contributed by atoms with Crippen molar-refractivity contribution in [2.24, 2.45) is 0 Å². The summed E-state index contributed by atoms with van der Waals surface area (Å²) in [6.07, 6.45) is 1.79. The lowest BCUT2D eigenvalue weighted by Crippen LogP contribution is -2.06. The Morgan fingerprint density at radius 2 is 2.00 bits per heavy atom. The zero-order valence-electron chi connectivity index (χ0n) is 10.5. The van der Waals surface area contributed by atoms with Gasteiger partial charge < -0.3 is 9.84 Å². The molecule has 0 amide bonds. The fourth-order valence-corrected chi connectivity index (χ4v) is 1.56. The Hall–Kier alpha value is -2.43. The average molecular weight is 258 g/mol. The van der Waals surface area contributed by atoms with Gasteiger partial charge in [-0.05, 0) is 25.1 Å². The summed E-state index contributed by atoms with van der Waals surface area (Å²) in [5.41, 5.74) is 1.83. The van der Waals surface area contributed by atoms with Gasteiger partial charge in [-0.1, -0.05) is 17.7 Å². The molecule has 5 nitrogen and oxygen atoms in total. The van der Waals surface area contributed by atoms with Gasteiger partial charge >= 0.3 is 5.97 Å². The fourth-order valence-electron chi connectivity index (χ4n) is 1.56. The van der Waals surface area contributed by atoms with Gasteiger partial charge in [-0.2, -0.15) is 0 Å². The molecule has 0 saturated heterocycles. The van der Waals surface area contributed by atoms with Crippen LogP contribution < -0.4 is 4.74 Å². The monoisotopic (exact) mass is 258 g/mol. The summed E-state index contributed by atoms with van der Waals surface area (Å²) in [6, 6.07) is 9.21. The quantitative estimate of drug-likeness (QED) is 0.889. The zero-order chi connectivity index (χ0) is 13.7. The molecule has 98 valence electrons. The Balaban J connectivity index is 1.90. The first kappa shape index (κ1) is 13.0. The molecule has 5 heteroatoms. The van der Waals surface area contributed by atoms with Crippen LogP contribution in [-0.4, -0.2) is 27.7 Å². The van der Waals surface area contributed by atoms with Crippen LogP contribution in [0.5, 0.6) is 5.75 Å². The van der Waals surface area contributed by atoms with Gasteiger partial charge in [0.2, 0.25) is 0 Å². The number of aryl methyl sites for hydroxylation is 1. The van der Waals surface area contributed by atoms with Crippen molar-refractivity contribution in [1.29, 1.82) is 0 Å². The summed E-state index contributed by atoms with van der Waals surface area (Å²) in [5, 5.41) is 8.82. The Morgan fingerprint density at radius 1 is 1.26 bits per heavy atom. The highest BCUT2D eigenvalue weighted by Crippen LogP contribution is 2.11. The van der Waals surface area contributed by atoms with E-state index >= 15 is 0 Å². The van der Waals surface area contributed by atoms with Crippen LogP contribution in [0.2, 0.25) is 0 Å². The van der Waals surface area contributed by atoms with Crippen molar-refractivity contribution in [3.8, 4) is 5.75 Å². The second-order valence-electron chi connectivity index (χ2n) is 4.11. The molecular formula is C14H14N2O3. The summed E-state index contributed by atoms with van der Waals surface area (Å²) in [5.74, 6) is -0.263. The third-order valence-electron chi connectivity index (χ3n) is 2.59. The number of carboxylic acid groups (broad SMARTS) is 1. The lowest BCUT2D eigenvalue weighted by molar-refractivity contribution is 0.0690. The third kappa shape index (κ3) is 3.77. The van der Waals surface area contributed by atoms with E-state index in [0.29, 0.717) is 18.7 Å². The van der Waals surface area contributed by atoms with Crippen molar-refractivity contribution in [2.75, 3.05) is 6.61 Å². The van der Waals surface area contributed by atoms with E-state index in [4.69, 9.17) is 9.84 Å². The zero-order valence-corrected chi connectivity index (χ0v) is 10.5. The van der Waals surface area contributed by atoms with Crippen LogP contribution in [0.4, 0.5) is 0 Å². The molecule has 19 heavy (non-hydrogen) atoms. The summed E-state index contributed by atoms with van der Waals surface area (Å²) >= 11 is 0. The number of aromatic carboxylic acids is 1. The van der Waals surface area contributed by atoms with Gasteiger partial charge in [0.25, 0.3) is 0 Å². The molecule has 1 aromatic carbocycles. The molecular weight excluding hydrogens is 244 g/mol. The second kappa shape index (κ2) is 5.95. The van der Waals surface area contributed by atoms with Gasteiger partial charge in [0, 0.05) is 12.1 Å². The molecule has 0 atom stereocenters. The molecule has 1 aromatic heterocycles. The van der Waals surface area contributed by atoms with Crippen LogP contribution in [0.3, 0.4) is 0 Å². The number of rotatable bonds is 5. The molecule has 2 aromatic rings. The van der Waals surface area contributed by atoms with E-state index in [2.05, 4.69) is 9.97 Å². The minimum atomic E-state index is -1.05. The summed E-state index contributed by atoms with van der Waals surface area (Å²) in [6.45, 7) is 2.46. The molecule has 0 bridgehead atoms. The highest BCUT2D eigenvalue weighted by atomic mass is 16.5. The van der Waals surface area contributed by atoms with Gasteiger partial charge in [0.15, 0.2) is 5.69 Å². The maximum Gasteiger partial charge on any atom is 0.354 e. The maximum absolute atomic E-state index is 10.8. The molecule has 0 saturated carbocycles. The number of benzene rings is 1. The Labute approximate surface area is 110 Å². The van der Waals surface area contributed by atoms with Crippen molar-refractivity contribution < 1.29 is 14.6 Å².